The molecule has 6 heteroatoms. The monoisotopic (exact) mass is 288 g/mol. The molecule has 1 aromatic heterocycles. The number of amides is 1. The van der Waals surface area contributed by atoms with Crippen molar-refractivity contribution >= 4 is 16.9 Å². The molecule has 112 valence electrons. The van der Waals surface area contributed by atoms with Crippen LogP contribution in [0.3, 0.4) is 0 Å². The zero-order chi connectivity index (χ0) is 14.8. The van der Waals surface area contributed by atoms with Crippen LogP contribution < -0.4 is 11.3 Å². The first-order valence-electron chi connectivity index (χ1n) is 7.33. The fourth-order valence-electron chi connectivity index (χ4n) is 2.93. The molecule has 2 aromatic rings. The molecule has 2 unspecified atom stereocenters. The molecule has 0 saturated carbocycles. The van der Waals surface area contributed by atoms with E-state index in [0.29, 0.717) is 6.42 Å². The molecule has 0 aliphatic carbocycles. The maximum Gasteiger partial charge on any atom is 0.263 e. The zero-order valence-corrected chi connectivity index (χ0v) is 12.1. The first-order chi connectivity index (χ1) is 10.2. The Bertz CT molecular complexity index is 652. The van der Waals surface area contributed by atoms with Gasteiger partial charge in [0.1, 0.15) is 11.9 Å². The SMILES string of the molecule is CCc1nc2ccccc2n1CC1CCC(C(=O)NN)O1. The summed E-state index contributed by atoms with van der Waals surface area (Å²) >= 11 is 0. The number of benzene rings is 1. The number of carbonyl (C=O) groups is 1. The Hall–Kier alpha value is -1.92. The quantitative estimate of drug-likeness (QED) is 0.502. The van der Waals surface area contributed by atoms with Gasteiger partial charge in [-0.2, -0.15) is 0 Å². The predicted molar refractivity (Wildman–Crippen MR) is 79.3 cm³/mol. The van der Waals surface area contributed by atoms with Gasteiger partial charge in [-0.15, -0.1) is 0 Å². The molecule has 0 bridgehead atoms. The molecule has 2 atom stereocenters. The predicted octanol–water partition coefficient (Wildman–Crippen LogP) is 1.14. The molecule has 1 fully saturated rings. The molecule has 0 spiro atoms. The number of rotatable bonds is 4. The lowest BCUT2D eigenvalue weighted by Crippen LogP contribution is -2.39. The molecule has 6 nitrogen and oxygen atoms in total. The lowest BCUT2D eigenvalue weighted by Gasteiger charge is -2.15. The Balaban J connectivity index is 1.81. The number of fused-ring (bicyclic) bond motifs is 1. The molecule has 21 heavy (non-hydrogen) atoms. The Morgan fingerprint density at radius 1 is 1.48 bits per heavy atom. The number of para-hydroxylation sites is 2. The van der Waals surface area contributed by atoms with Crippen molar-refractivity contribution in [2.75, 3.05) is 0 Å². The first kappa shape index (κ1) is 14.0. The highest BCUT2D eigenvalue weighted by Gasteiger charge is 2.31. The molecular formula is C15H20N4O2. The van der Waals surface area contributed by atoms with Crippen LogP contribution in [0.15, 0.2) is 24.3 Å². The van der Waals surface area contributed by atoms with Gasteiger partial charge in [-0.25, -0.2) is 10.8 Å². The lowest BCUT2D eigenvalue weighted by atomic mass is 10.2. The van der Waals surface area contributed by atoms with Crippen LogP contribution in [0.25, 0.3) is 11.0 Å². The number of nitrogens with zero attached hydrogens (tertiary/aromatic N) is 2. The average molecular weight is 288 g/mol. The highest BCUT2D eigenvalue weighted by atomic mass is 16.5. The summed E-state index contributed by atoms with van der Waals surface area (Å²) < 4.78 is 7.99. The zero-order valence-electron chi connectivity index (χ0n) is 12.1. The Kier molecular flexibility index (Phi) is 3.90. The Morgan fingerprint density at radius 2 is 2.29 bits per heavy atom. The van der Waals surface area contributed by atoms with E-state index in [1.54, 1.807) is 0 Å². The average Bonchev–Trinajstić information content (AvgIpc) is 3.12. The van der Waals surface area contributed by atoms with E-state index in [4.69, 9.17) is 10.6 Å². The molecule has 1 amide bonds. The van der Waals surface area contributed by atoms with E-state index < -0.39 is 6.10 Å². The summed E-state index contributed by atoms with van der Waals surface area (Å²) in [7, 11) is 0. The van der Waals surface area contributed by atoms with Crippen LogP contribution in [0.5, 0.6) is 0 Å². The summed E-state index contributed by atoms with van der Waals surface area (Å²) in [4.78, 5) is 16.2. The number of hydrogen-bond acceptors (Lipinski definition) is 4. The van der Waals surface area contributed by atoms with E-state index in [1.165, 1.54) is 0 Å². The fraction of sp³-hybridized carbons (Fsp3) is 0.467. The molecule has 1 aromatic carbocycles. The van der Waals surface area contributed by atoms with E-state index in [0.717, 1.165) is 36.2 Å². The largest absolute Gasteiger partial charge is 0.363 e. The molecule has 3 rings (SSSR count). The van der Waals surface area contributed by atoms with Crippen molar-refractivity contribution in [1.82, 2.24) is 15.0 Å². The summed E-state index contributed by atoms with van der Waals surface area (Å²) in [5, 5.41) is 0. The van der Waals surface area contributed by atoms with Gasteiger partial charge in [0.05, 0.1) is 23.7 Å². The van der Waals surface area contributed by atoms with Crippen molar-refractivity contribution in [3.8, 4) is 0 Å². The van der Waals surface area contributed by atoms with E-state index in [1.807, 2.05) is 18.2 Å². The molecule has 3 N–H and O–H groups in total. The number of carbonyl (C=O) groups excluding carboxylic acids is 1. The Labute approximate surface area is 123 Å². The molecule has 1 aliphatic heterocycles. The maximum atomic E-state index is 11.5. The third-order valence-electron chi connectivity index (χ3n) is 3.98. The number of aromatic nitrogens is 2. The third kappa shape index (κ3) is 2.64. The van der Waals surface area contributed by atoms with E-state index in [9.17, 15) is 4.79 Å². The molecular weight excluding hydrogens is 268 g/mol. The number of nitrogens with two attached hydrogens (primary N) is 1. The minimum absolute atomic E-state index is 0.0233. The minimum Gasteiger partial charge on any atom is -0.363 e. The second-order valence-corrected chi connectivity index (χ2v) is 5.31. The third-order valence-corrected chi connectivity index (χ3v) is 3.98. The second-order valence-electron chi connectivity index (χ2n) is 5.31. The van der Waals surface area contributed by atoms with E-state index in [2.05, 4.69) is 28.0 Å². The van der Waals surface area contributed by atoms with E-state index >= 15 is 0 Å². The highest BCUT2D eigenvalue weighted by Crippen LogP contribution is 2.24. The van der Waals surface area contributed by atoms with Crippen LogP contribution >= 0.6 is 0 Å². The normalized spacial score (nSPS) is 21.8. The van der Waals surface area contributed by atoms with Crippen molar-refractivity contribution in [2.45, 2.75) is 44.9 Å². The molecule has 0 radical (unpaired) electrons. The van der Waals surface area contributed by atoms with Gasteiger partial charge >= 0.3 is 0 Å². The second kappa shape index (κ2) is 5.83. The topological polar surface area (TPSA) is 82.2 Å². The van der Waals surface area contributed by atoms with Gasteiger partial charge in [-0.05, 0) is 25.0 Å². The highest BCUT2D eigenvalue weighted by molar-refractivity contribution is 5.80. The minimum atomic E-state index is -0.431. The van der Waals surface area contributed by atoms with Gasteiger partial charge in [0.25, 0.3) is 5.91 Å². The van der Waals surface area contributed by atoms with Crippen LogP contribution in [0.1, 0.15) is 25.6 Å². The van der Waals surface area contributed by atoms with Gasteiger partial charge in [0.2, 0.25) is 0 Å². The molecule has 1 aliphatic rings. The van der Waals surface area contributed by atoms with Gasteiger partial charge in [0.15, 0.2) is 0 Å². The fourth-order valence-corrected chi connectivity index (χ4v) is 2.93. The molecule has 1 saturated heterocycles. The summed E-state index contributed by atoms with van der Waals surface area (Å²) in [6, 6.07) is 8.10. The van der Waals surface area contributed by atoms with Crippen molar-refractivity contribution in [1.29, 1.82) is 0 Å². The Morgan fingerprint density at radius 3 is 3.05 bits per heavy atom. The lowest BCUT2D eigenvalue weighted by molar-refractivity contribution is -0.132. The van der Waals surface area contributed by atoms with Gasteiger partial charge in [-0.1, -0.05) is 19.1 Å². The van der Waals surface area contributed by atoms with Gasteiger partial charge < -0.3 is 9.30 Å². The summed E-state index contributed by atoms with van der Waals surface area (Å²) in [6.45, 7) is 2.82. The van der Waals surface area contributed by atoms with Crippen LogP contribution in [0.2, 0.25) is 0 Å². The number of hydrazine groups is 1. The summed E-state index contributed by atoms with van der Waals surface area (Å²) in [5.74, 6) is 5.96. The maximum absolute atomic E-state index is 11.5. The first-order valence-corrected chi connectivity index (χ1v) is 7.33. The summed E-state index contributed by atoms with van der Waals surface area (Å²) in [6.07, 6.45) is 2.03. The van der Waals surface area contributed by atoms with Crippen molar-refractivity contribution in [3.63, 3.8) is 0 Å². The van der Waals surface area contributed by atoms with Crippen LogP contribution in [-0.2, 0) is 22.5 Å². The number of imidazole rings is 1. The smallest absolute Gasteiger partial charge is 0.263 e. The number of hydrogen-bond donors (Lipinski definition) is 2. The van der Waals surface area contributed by atoms with Crippen molar-refractivity contribution in [2.24, 2.45) is 5.84 Å². The van der Waals surface area contributed by atoms with Crippen LogP contribution in [-0.4, -0.2) is 27.7 Å². The van der Waals surface area contributed by atoms with E-state index in [-0.39, 0.29) is 12.0 Å². The van der Waals surface area contributed by atoms with Crippen molar-refractivity contribution in [3.05, 3.63) is 30.1 Å². The van der Waals surface area contributed by atoms with Gasteiger partial charge in [-0.3, -0.25) is 10.2 Å². The van der Waals surface area contributed by atoms with Gasteiger partial charge in [0, 0.05) is 6.42 Å². The number of aryl methyl sites for hydroxylation is 1. The standard InChI is InChI=1S/C15H20N4O2/c1-2-14-17-11-5-3-4-6-12(11)19(14)9-10-7-8-13(21-10)15(20)18-16/h3-6,10,13H,2,7-9,16H2,1H3,(H,18,20). The molecule has 2 heterocycles. The summed E-state index contributed by atoms with van der Waals surface area (Å²) in [5.41, 5.74) is 4.27. The van der Waals surface area contributed by atoms with Crippen LogP contribution in [0, 0.1) is 0 Å². The number of ether oxygens (including phenoxy) is 1. The number of nitrogens with one attached hydrogen (secondary N) is 1. The van der Waals surface area contributed by atoms with Crippen LogP contribution in [0.4, 0.5) is 0 Å². The van der Waals surface area contributed by atoms with Crippen molar-refractivity contribution < 1.29 is 9.53 Å².